The molecule has 6 nitrogen and oxygen atoms in total. The third kappa shape index (κ3) is 3.62. The molecule has 2 aromatic carbocycles. The summed E-state index contributed by atoms with van der Waals surface area (Å²) < 4.78 is 1.96. The van der Waals surface area contributed by atoms with E-state index in [-0.39, 0.29) is 11.4 Å². The fourth-order valence-electron chi connectivity index (χ4n) is 3.21. The minimum absolute atomic E-state index is 0.0851. The van der Waals surface area contributed by atoms with Crippen molar-refractivity contribution in [2.75, 3.05) is 5.75 Å². The Balaban J connectivity index is 1.54. The molecule has 0 fully saturated rings. The van der Waals surface area contributed by atoms with Crippen molar-refractivity contribution < 1.29 is 4.79 Å². The lowest BCUT2D eigenvalue weighted by molar-refractivity contribution is -0.133. The Hall–Kier alpha value is -2.80. The van der Waals surface area contributed by atoms with Crippen molar-refractivity contribution >= 4 is 34.5 Å². The van der Waals surface area contributed by atoms with E-state index in [1.807, 2.05) is 63.9 Å². The molecule has 0 unspecified atom stereocenters. The fraction of sp³-hybridized carbons (Fsp3) is 0.286. The van der Waals surface area contributed by atoms with E-state index in [0.717, 1.165) is 21.8 Å². The lowest BCUT2D eigenvalue weighted by atomic mass is 10.0. The first-order chi connectivity index (χ1) is 13.4. The Morgan fingerprint density at radius 3 is 2.57 bits per heavy atom. The van der Waals surface area contributed by atoms with Gasteiger partial charge in [-0.2, -0.15) is 0 Å². The SMILES string of the molecule is CC(C)(C)N(Cc1ccccc1)C(=O)CSc1n[nH]c2nc3ccccc3n12. The number of nitrogens with zero attached hydrogens (tertiary/aromatic N) is 4. The van der Waals surface area contributed by atoms with Crippen molar-refractivity contribution in [1.82, 2.24) is 24.5 Å². The molecule has 4 rings (SSSR count). The zero-order valence-corrected chi connectivity index (χ0v) is 17.0. The Labute approximate surface area is 168 Å². The zero-order valence-electron chi connectivity index (χ0n) is 16.2. The van der Waals surface area contributed by atoms with Gasteiger partial charge in [-0.15, -0.1) is 5.10 Å². The Bertz CT molecular complexity index is 1110. The predicted octanol–water partition coefficient (Wildman–Crippen LogP) is 4.13. The average molecular weight is 394 g/mol. The number of hydrogen-bond acceptors (Lipinski definition) is 4. The standard InChI is InChI=1S/C21H23N5OS/c1-21(2,3)25(13-15-9-5-4-6-10-15)18(27)14-28-20-24-23-19-22-16-11-7-8-12-17(16)26(19)20/h4-12H,13-14H2,1-3H3,(H,22,23). The van der Waals surface area contributed by atoms with Crippen molar-refractivity contribution in [3.05, 3.63) is 60.2 Å². The van der Waals surface area contributed by atoms with Crippen LogP contribution in [0, 0.1) is 0 Å². The predicted molar refractivity (Wildman–Crippen MR) is 112 cm³/mol. The highest BCUT2D eigenvalue weighted by molar-refractivity contribution is 7.99. The summed E-state index contributed by atoms with van der Waals surface area (Å²) in [5.74, 6) is 1.09. The van der Waals surface area contributed by atoms with Crippen LogP contribution in [-0.4, -0.2) is 41.7 Å². The summed E-state index contributed by atoms with van der Waals surface area (Å²) in [5, 5.41) is 8.05. The van der Waals surface area contributed by atoms with Gasteiger partial charge in [-0.25, -0.2) is 10.1 Å². The number of amides is 1. The summed E-state index contributed by atoms with van der Waals surface area (Å²) in [6.07, 6.45) is 0. The van der Waals surface area contributed by atoms with Gasteiger partial charge in [-0.3, -0.25) is 9.20 Å². The van der Waals surface area contributed by atoms with Crippen LogP contribution in [0.3, 0.4) is 0 Å². The maximum Gasteiger partial charge on any atom is 0.233 e. The van der Waals surface area contributed by atoms with Gasteiger partial charge in [0.25, 0.3) is 0 Å². The van der Waals surface area contributed by atoms with E-state index in [1.54, 1.807) is 0 Å². The van der Waals surface area contributed by atoms with E-state index in [4.69, 9.17) is 0 Å². The lowest BCUT2D eigenvalue weighted by Gasteiger charge is -2.36. The number of nitrogens with one attached hydrogen (secondary N) is 1. The number of imidazole rings is 1. The maximum atomic E-state index is 13.1. The molecule has 0 radical (unpaired) electrons. The molecule has 0 saturated heterocycles. The number of aromatic amines is 1. The van der Waals surface area contributed by atoms with Gasteiger partial charge in [0.05, 0.1) is 16.8 Å². The number of para-hydroxylation sites is 2. The molecule has 144 valence electrons. The molecule has 1 amide bonds. The molecule has 0 aliphatic rings. The zero-order chi connectivity index (χ0) is 19.7. The summed E-state index contributed by atoms with van der Waals surface area (Å²) in [6, 6.07) is 18.0. The van der Waals surface area contributed by atoms with Crippen LogP contribution >= 0.6 is 11.8 Å². The third-order valence-corrected chi connectivity index (χ3v) is 5.55. The molecule has 0 bridgehead atoms. The molecule has 2 heterocycles. The Kier molecular flexibility index (Phi) is 4.85. The van der Waals surface area contributed by atoms with Gasteiger partial charge < -0.3 is 4.90 Å². The van der Waals surface area contributed by atoms with Crippen LogP contribution < -0.4 is 0 Å². The number of benzene rings is 2. The van der Waals surface area contributed by atoms with Crippen LogP contribution in [0.25, 0.3) is 16.8 Å². The molecule has 0 aliphatic heterocycles. The first-order valence-corrected chi connectivity index (χ1v) is 10.2. The van der Waals surface area contributed by atoms with E-state index < -0.39 is 0 Å². The minimum atomic E-state index is -0.268. The first-order valence-electron chi connectivity index (χ1n) is 9.22. The van der Waals surface area contributed by atoms with E-state index in [0.29, 0.717) is 18.1 Å². The smallest absolute Gasteiger partial charge is 0.233 e. The Morgan fingerprint density at radius 1 is 1.11 bits per heavy atom. The molecule has 0 aliphatic carbocycles. The number of aromatic nitrogens is 4. The largest absolute Gasteiger partial charge is 0.333 e. The number of hydrogen-bond donors (Lipinski definition) is 1. The molecule has 0 saturated carbocycles. The second-order valence-corrected chi connectivity index (χ2v) is 8.63. The van der Waals surface area contributed by atoms with E-state index in [1.165, 1.54) is 11.8 Å². The van der Waals surface area contributed by atoms with Crippen molar-refractivity contribution in [2.45, 2.75) is 38.0 Å². The molecule has 28 heavy (non-hydrogen) atoms. The number of rotatable bonds is 5. The van der Waals surface area contributed by atoms with Gasteiger partial charge in [-0.05, 0) is 38.5 Å². The highest BCUT2D eigenvalue weighted by atomic mass is 32.2. The van der Waals surface area contributed by atoms with Crippen LogP contribution in [0.15, 0.2) is 59.8 Å². The summed E-state index contributed by atoms with van der Waals surface area (Å²) in [6.45, 7) is 6.78. The van der Waals surface area contributed by atoms with Gasteiger partial charge in [0.1, 0.15) is 0 Å². The second kappa shape index (κ2) is 7.31. The molecular weight excluding hydrogens is 370 g/mol. The van der Waals surface area contributed by atoms with Crippen molar-refractivity contribution in [1.29, 1.82) is 0 Å². The highest BCUT2D eigenvalue weighted by Crippen LogP contribution is 2.25. The summed E-state index contributed by atoms with van der Waals surface area (Å²) in [7, 11) is 0. The van der Waals surface area contributed by atoms with E-state index in [9.17, 15) is 4.79 Å². The lowest BCUT2D eigenvalue weighted by Crippen LogP contribution is -2.45. The summed E-state index contributed by atoms with van der Waals surface area (Å²) in [5.41, 5.74) is 2.75. The van der Waals surface area contributed by atoms with Gasteiger partial charge in [0.15, 0.2) is 5.16 Å². The number of carbonyl (C=O) groups excluding carboxylic acids is 1. The highest BCUT2D eigenvalue weighted by Gasteiger charge is 2.27. The van der Waals surface area contributed by atoms with Crippen molar-refractivity contribution in [2.24, 2.45) is 0 Å². The van der Waals surface area contributed by atoms with E-state index >= 15 is 0 Å². The normalized spacial score (nSPS) is 12.0. The molecule has 0 spiro atoms. The van der Waals surface area contributed by atoms with Crippen LogP contribution in [-0.2, 0) is 11.3 Å². The minimum Gasteiger partial charge on any atom is -0.333 e. The Morgan fingerprint density at radius 2 is 1.82 bits per heavy atom. The van der Waals surface area contributed by atoms with Crippen LogP contribution in [0.4, 0.5) is 0 Å². The maximum absolute atomic E-state index is 13.1. The van der Waals surface area contributed by atoms with Gasteiger partial charge in [-0.1, -0.05) is 54.2 Å². The average Bonchev–Trinajstić information content (AvgIpc) is 3.23. The molecular formula is C21H23N5OS. The molecule has 1 N–H and O–H groups in total. The third-order valence-electron chi connectivity index (χ3n) is 4.62. The van der Waals surface area contributed by atoms with Gasteiger partial charge in [0, 0.05) is 12.1 Å². The van der Waals surface area contributed by atoms with Crippen LogP contribution in [0.1, 0.15) is 26.3 Å². The van der Waals surface area contributed by atoms with E-state index in [2.05, 4.69) is 36.0 Å². The number of carbonyl (C=O) groups is 1. The number of H-pyrrole nitrogens is 1. The van der Waals surface area contributed by atoms with Crippen LogP contribution in [0.2, 0.25) is 0 Å². The van der Waals surface area contributed by atoms with Crippen molar-refractivity contribution in [3.8, 4) is 0 Å². The van der Waals surface area contributed by atoms with Crippen molar-refractivity contribution in [3.63, 3.8) is 0 Å². The second-order valence-electron chi connectivity index (χ2n) is 7.69. The first kappa shape index (κ1) is 18.6. The number of fused-ring (bicyclic) bond motifs is 3. The summed E-state index contributed by atoms with van der Waals surface area (Å²) >= 11 is 1.43. The quantitative estimate of drug-likeness (QED) is 0.518. The molecule has 7 heteroatoms. The van der Waals surface area contributed by atoms with Crippen LogP contribution in [0.5, 0.6) is 0 Å². The molecule has 4 aromatic rings. The molecule has 0 atom stereocenters. The van der Waals surface area contributed by atoms with Gasteiger partial charge >= 0.3 is 0 Å². The topological polar surface area (TPSA) is 66.3 Å². The fourth-order valence-corrected chi connectivity index (χ4v) is 4.04. The van der Waals surface area contributed by atoms with Gasteiger partial charge in [0.2, 0.25) is 11.7 Å². The summed E-state index contributed by atoms with van der Waals surface area (Å²) in [4.78, 5) is 19.5. The molecule has 2 aromatic heterocycles. The number of thioether (sulfide) groups is 1. The monoisotopic (exact) mass is 393 g/mol.